The quantitative estimate of drug-likeness (QED) is 0.0487. The lowest BCUT2D eigenvalue weighted by Gasteiger charge is -2.17. The van der Waals surface area contributed by atoms with Gasteiger partial charge in [0.25, 0.3) is 0 Å². The van der Waals surface area contributed by atoms with Gasteiger partial charge in [-0.2, -0.15) is 0 Å². The first-order valence-corrected chi connectivity index (χ1v) is 16.4. The van der Waals surface area contributed by atoms with E-state index in [9.17, 15) is 30.0 Å². The molecule has 0 amide bonds. The molecule has 4 N–H and O–H groups in total. The maximum atomic E-state index is 12.1. The largest absolute Gasteiger partial charge is 0.462 e. The van der Waals surface area contributed by atoms with Crippen molar-refractivity contribution in [3.63, 3.8) is 0 Å². The minimum Gasteiger partial charge on any atom is -0.462 e. The molecule has 8 heteroatoms. The van der Waals surface area contributed by atoms with Gasteiger partial charge in [-0.25, -0.2) is 0 Å². The Morgan fingerprint density at radius 1 is 0.674 bits per heavy atom. The van der Waals surface area contributed by atoms with Crippen LogP contribution in [0.15, 0.2) is 48.6 Å². The van der Waals surface area contributed by atoms with Gasteiger partial charge in [0.2, 0.25) is 0 Å². The van der Waals surface area contributed by atoms with Gasteiger partial charge < -0.3 is 29.9 Å². The highest BCUT2D eigenvalue weighted by atomic mass is 16.6. The fourth-order valence-electron chi connectivity index (χ4n) is 4.24. The molecule has 248 valence electrons. The number of allylic oxidation sites excluding steroid dienone is 6. The Labute approximate surface area is 260 Å². The van der Waals surface area contributed by atoms with Gasteiger partial charge in [0.15, 0.2) is 6.10 Å². The SMILES string of the molecule is CCCCC[C@H](O)/C=C/C=C\C=C\C=C\[C@H](O)[C@@H](O)CCCC(=O)O[C@@H](CO)COC(=O)CCCCCCCCC(C)C. The average molecular weight is 609 g/mol. The molecule has 0 unspecified atom stereocenters. The molecule has 0 aliphatic rings. The second-order valence-corrected chi connectivity index (χ2v) is 11.6. The number of carbonyl (C=O) groups is 2. The van der Waals surface area contributed by atoms with Crippen LogP contribution in [0.3, 0.4) is 0 Å². The molecule has 43 heavy (non-hydrogen) atoms. The van der Waals surface area contributed by atoms with E-state index in [1.165, 1.54) is 31.8 Å². The number of aliphatic hydroxyl groups excluding tert-OH is 4. The Kier molecular flexibility index (Phi) is 27.0. The van der Waals surface area contributed by atoms with Crippen LogP contribution >= 0.6 is 0 Å². The summed E-state index contributed by atoms with van der Waals surface area (Å²) in [5.41, 5.74) is 0. The molecule has 0 spiro atoms. The normalized spacial score (nSPS) is 15.2. The summed E-state index contributed by atoms with van der Waals surface area (Å²) in [5, 5.41) is 39.5. The number of hydrogen-bond donors (Lipinski definition) is 4. The first kappa shape index (κ1) is 40.7. The highest BCUT2D eigenvalue weighted by Crippen LogP contribution is 2.13. The lowest BCUT2D eigenvalue weighted by molar-refractivity contribution is -0.161. The number of ether oxygens (including phenoxy) is 2. The molecular formula is C35H60O8. The maximum Gasteiger partial charge on any atom is 0.306 e. The molecule has 0 aliphatic heterocycles. The molecule has 0 rings (SSSR count). The third-order valence-electron chi connectivity index (χ3n) is 6.92. The van der Waals surface area contributed by atoms with Crippen LogP contribution in [0.2, 0.25) is 0 Å². The van der Waals surface area contributed by atoms with Gasteiger partial charge >= 0.3 is 11.9 Å². The average Bonchev–Trinajstić information content (AvgIpc) is 2.97. The minimum absolute atomic E-state index is 0.000620. The summed E-state index contributed by atoms with van der Waals surface area (Å²) in [4.78, 5) is 24.1. The summed E-state index contributed by atoms with van der Waals surface area (Å²) in [6.45, 7) is 5.95. The smallest absolute Gasteiger partial charge is 0.306 e. The van der Waals surface area contributed by atoms with Crippen molar-refractivity contribution in [1.29, 1.82) is 0 Å². The van der Waals surface area contributed by atoms with Crippen LogP contribution in [-0.2, 0) is 19.1 Å². The third kappa shape index (κ3) is 27.1. The van der Waals surface area contributed by atoms with Crippen LogP contribution in [0.1, 0.15) is 117 Å². The van der Waals surface area contributed by atoms with Gasteiger partial charge in [-0.15, -0.1) is 0 Å². The number of aliphatic hydroxyl groups is 4. The van der Waals surface area contributed by atoms with E-state index < -0.39 is 37.0 Å². The standard InChI is InChI=1S/C35H60O8/c1-4-5-14-21-30(37)22-16-11-7-8-12-17-23-32(38)33(39)24-19-26-35(41)43-31(27-36)28-42-34(40)25-18-13-9-6-10-15-20-29(2)3/h7-8,11-12,16-17,22-23,29-33,36-39H,4-6,9-10,13-15,18-21,24-28H2,1-3H3/b11-7-,12-8+,22-16+,23-17+/t30-,31-,32-,33-/m0/s1. The maximum absolute atomic E-state index is 12.1. The van der Waals surface area contributed by atoms with Crippen molar-refractivity contribution < 1.29 is 39.5 Å². The van der Waals surface area contributed by atoms with Gasteiger partial charge in [-0.05, 0) is 31.6 Å². The molecule has 0 bridgehead atoms. The van der Waals surface area contributed by atoms with Crippen molar-refractivity contribution >= 4 is 11.9 Å². The summed E-state index contributed by atoms with van der Waals surface area (Å²) < 4.78 is 10.3. The summed E-state index contributed by atoms with van der Waals surface area (Å²) in [7, 11) is 0. The highest BCUT2D eigenvalue weighted by molar-refractivity contribution is 5.70. The predicted molar refractivity (Wildman–Crippen MR) is 172 cm³/mol. The summed E-state index contributed by atoms with van der Waals surface area (Å²) in [6, 6.07) is 0. The summed E-state index contributed by atoms with van der Waals surface area (Å²) in [5.74, 6) is -0.188. The van der Waals surface area contributed by atoms with Crippen molar-refractivity contribution in [3.05, 3.63) is 48.6 Å². The minimum atomic E-state index is -1.09. The fraction of sp³-hybridized carbons (Fsp3) is 0.714. The zero-order valence-electron chi connectivity index (χ0n) is 26.9. The van der Waals surface area contributed by atoms with Crippen LogP contribution in [0.4, 0.5) is 0 Å². The first-order valence-electron chi connectivity index (χ1n) is 16.4. The fourth-order valence-corrected chi connectivity index (χ4v) is 4.24. The Morgan fingerprint density at radius 2 is 1.26 bits per heavy atom. The van der Waals surface area contributed by atoms with Gasteiger partial charge in [0.1, 0.15) is 6.61 Å². The van der Waals surface area contributed by atoms with Crippen molar-refractivity contribution in [2.75, 3.05) is 13.2 Å². The highest BCUT2D eigenvalue weighted by Gasteiger charge is 2.18. The molecule has 0 fully saturated rings. The van der Waals surface area contributed by atoms with Crippen LogP contribution in [0.25, 0.3) is 0 Å². The summed E-state index contributed by atoms with van der Waals surface area (Å²) >= 11 is 0. The number of hydrogen-bond acceptors (Lipinski definition) is 8. The van der Waals surface area contributed by atoms with E-state index in [1.807, 2.05) is 0 Å². The second kappa shape index (κ2) is 28.5. The van der Waals surface area contributed by atoms with Crippen molar-refractivity contribution in [3.8, 4) is 0 Å². The zero-order chi connectivity index (χ0) is 32.1. The Bertz CT molecular complexity index is 802. The molecule has 0 saturated heterocycles. The zero-order valence-corrected chi connectivity index (χ0v) is 26.9. The molecule has 0 aromatic carbocycles. The predicted octanol–water partition coefficient (Wildman–Crippen LogP) is 6.27. The molecule has 0 saturated carbocycles. The molecule has 0 radical (unpaired) electrons. The van der Waals surface area contributed by atoms with E-state index in [0.29, 0.717) is 6.42 Å². The Morgan fingerprint density at radius 3 is 1.91 bits per heavy atom. The second-order valence-electron chi connectivity index (χ2n) is 11.6. The van der Waals surface area contributed by atoms with Crippen LogP contribution in [0.5, 0.6) is 0 Å². The molecule has 4 atom stereocenters. The van der Waals surface area contributed by atoms with Crippen LogP contribution < -0.4 is 0 Å². The Balaban J connectivity index is 4.06. The monoisotopic (exact) mass is 608 g/mol. The Hall–Kier alpha value is -2.26. The van der Waals surface area contributed by atoms with Gasteiger partial charge in [-0.3, -0.25) is 9.59 Å². The number of rotatable bonds is 27. The topological polar surface area (TPSA) is 134 Å². The number of unbranched alkanes of at least 4 members (excludes halogenated alkanes) is 7. The van der Waals surface area contributed by atoms with E-state index in [2.05, 4.69) is 20.8 Å². The van der Waals surface area contributed by atoms with E-state index in [0.717, 1.165) is 50.9 Å². The van der Waals surface area contributed by atoms with E-state index in [1.54, 1.807) is 42.5 Å². The number of carbonyl (C=O) groups excluding carboxylic acids is 2. The van der Waals surface area contributed by atoms with Crippen molar-refractivity contribution in [2.45, 2.75) is 141 Å². The number of esters is 2. The molecule has 0 aliphatic carbocycles. The lowest BCUT2D eigenvalue weighted by Crippen LogP contribution is -2.29. The molecule has 0 aromatic rings. The first-order chi connectivity index (χ1) is 20.7. The molecule has 0 heterocycles. The molecule has 0 aromatic heterocycles. The molecule has 8 nitrogen and oxygen atoms in total. The van der Waals surface area contributed by atoms with Crippen LogP contribution in [-0.4, -0.2) is 70.0 Å². The van der Waals surface area contributed by atoms with E-state index in [-0.39, 0.29) is 31.8 Å². The summed E-state index contributed by atoms with van der Waals surface area (Å²) in [6.07, 6.45) is 22.8. The van der Waals surface area contributed by atoms with Crippen LogP contribution in [0, 0.1) is 5.92 Å². The van der Waals surface area contributed by atoms with Gasteiger partial charge in [0, 0.05) is 12.8 Å². The van der Waals surface area contributed by atoms with E-state index >= 15 is 0 Å². The molecular weight excluding hydrogens is 548 g/mol. The van der Waals surface area contributed by atoms with Crippen molar-refractivity contribution in [1.82, 2.24) is 0 Å². The van der Waals surface area contributed by atoms with Gasteiger partial charge in [0.05, 0.1) is 24.9 Å². The van der Waals surface area contributed by atoms with Gasteiger partial charge in [-0.1, -0.05) is 127 Å². The lowest BCUT2D eigenvalue weighted by atomic mass is 10.0. The third-order valence-corrected chi connectivity index (χ3v) is 6.92. The van der Waals surface area contributed by atoms with E-state index in [4.69, 9.17) is 9.47 Å². The van der Waals surface area contributed by atoms with Crippen molar-refractivity contribution in [2.24, 2.45) is 5.92 Å².